The van der Waals surface area contributed by atoms with Gasteiger partial charge in [-0.05, 0) is 36.0 Å². The van der Waals surface area contributed by atoms with Gasteiger partial charge in [-0.2, -0.15) is 0 Å². The Balaban J connectivity index is 1.67. The molecule has 0 fully saturated rings. The number of ether oxygens (including phenoxy) is 1. The van der Waals surface area contributed by atoms with Gasteiger partial charge in [0.2, 0.25) is 5.88 Å². The van der Waals surface area contributed by atoms with Crippen LogP contribution in [0.4, 0.5) is 0 Å². The summed E-state index contributed by atoms with van der Waals surface area (Å²) < 4.78 is 11.0. The first-order valence-corrected chi connectivity index (χ1v) is 9.37. The summed E-state index contributed by atoms with van der Waals surface area (Å²) in [4.78, 5) is 20.5. The van der Waals surface area contributed by atoms with Crippen LogP contribution in [0.25, 0.3) is 0 Å². The summed E-state index contributed by atoms with van der Waals surface area (Å²) in [5, 5.41) is 22.1. The van der Waals surface area contributed by atoms with Crippen molar-refractivity contribution in [1.29, 1.82) is 0 Å². The van der Waals surface area contributed by atoms with Gasteiger partial charge in [0, 0.05) is 0 Å². The van der Waals surface area contributed by atoms with E-state index in [1.54, 1.807) is 6.07 Å². The van der Waals surface area contributed by atoms with Crippen LogP contribution in [0.2, 0.25) is 0 Å². The number of fused-ring (bicyclic) bond motifs is 1. The topological polar surface area (TPSA) is 114 Å². The Kier molecular flexibility index (Phi) is 6.61. The largest absolute Gasteiger partial charge is 0.492 e. The first-order valence-electron chi connectivity index (χ1n) is 9.37. The molecule has 0 aliphatic carbocycles. The minimum absolute atomic E-state index is 0.118. The van der Waals surface area contributed by atoms with Gasteiger partial charge in [-0.15, -0.1) is 0 Å². The minimum atomic E-state index is -0.956. The fourth-order valence-corrected chi connectivity index (χ4v) is 3.11. The van der Waals surface area contributed by atoms with Crippen LogP contribution in [0.15, 0.2) is 24.5 Å². The third-order valence-corrected chi connectivity index (χ3v) is 4.74. The maximum absolute atomic E-state index is 12.3. The maximum Gasteiger partial charge on any atom is 0.492 e. The molecule has 2 aromatic rings. The molecule has 3 N–H and O–H groups in total. The van der Waals surface area contributed by atoms with Crippen molar-refractivity contribution in [2.24, 2.45) is 0 Å². The van der Waals surface area contributed by atoms with Crippen LogP contribution in [0.3, 0.4) is 0 Å². The molecule has 1 aromatic heterocycles. The molecule has 3 rings (SSSR count). The van der Waals surface area contributed by atoms with Crippen molar-refractivity contribution in [3.63, 3.8) is 0 Å². The van der Waals surface area contributed by atoms with Gasteiger partial charge in [-0.25, -0.2) is 9.97 Å². The van der Waals surface area contributed by atoms with Crippen LogP contribution in [0, 0.1) is 6.92 Å². The lowest BCUT2D eigenvalue weighted by Gasteiger charge is -2.15. The minimum Gasteiger partial charge on any atom is -0.437 e. The second-order valence-corrected chi connectivity index (χ2v) is 6.76. The highest BCUT2D eigenvalue weighted by Gasteiger charge is 2.30. The zero-order valence-corrected chi connectivity index (χ0v) is 16.0. The lowest BCUT2D eigenvalue weighted by molar-refractivity contribution is 0.0906. The van der Waals surface area contributed by atoms with Crippen LogP contribution in [0.1, 0.15) is 47.8 Å². The number of aromatic nitrogens is 2. The Morgan fingerprint density at radius 3 is 2.89 bits per heavy atom. The number of aliphatic hydroxyl groups excluding tert-OH is 1. The second-order valence-electron chi connectivity index (χ2n) is 6.76. The summed E-state index contributed by atoms with van der Waals surface area (Å²) in [6.07, 6.45) is 5.32. The van der Waals surface area contributed by atoms with E-state index in [0.717, 1.165) is 24.0 Å². The predicted molar refractivity (Wildman–Crippen MR) is 104 cm³/mol. The second kappa shape index (κ2) is 9.14. The van der Waals surface area contributed by atoms with Gasteiger partial charge >= 0.3 is 7.12 Å². The molecule has 0 bridgehead atoms. The van der Waals surface area contributed by atoms with Crippen molar-refractivity contribution in [3.05, 3.63) is 41.3 Å². The molecule has 8 nitrogen and oxygen atoms in total. The summed E-state index contributed by atoms with van der Waals surface area (Å²) in [6.45, 7) is 4.14. The summed E-state index contributed by atoms with van der Waals surface area (Å²) in [6, 6.07) is 3.33. The van der Waals surface area contributed by atoms with E-state index < -0.39 is 7.12 Å². The van der Waals surface area contributed by atoms with E-state index in [0.29, 0.717) is 24.2 Å². The standard InChI is InChI=1S/C19H24BN3O5/c1-3-4-5-14(10-24)23-19(25)15-8-22-17(9-21-15)28-16-7-6-13-11-27-20(26)18(13)12(16)2/h6-9,14,24,26H,3-5,10-11H2,1-2H3,(H,23,25). The Bertz CT molecular complexity index is 831. The van der Waals surface area contributed by atoms with Crippen molar-refractivity contribution in [1.82, 2.24) is 15.3 Å². The lowest BCUT2D eigenvalue weighted by Crippen LogP contribution is -2.37. The maximum atomic E-state index is 12.3. The first kappa shape index (κ1) is 20.3. The molecule has 1 aliphatic rings. The molecule has 9 heteroatoms. The van der Waals surface area contributed by atoms with Gasteiger partial charge in [0.25, 0.3) is 5.91 Å². The Morgan fingerprint density at radius 1 is 1.39 bits per heavy atom. The van der Waals surface area contributed by atoms with E-state index in [-0.39, 0.29) is 30.1 Å². The number of amides is 1. The van der Waals surface area contributed by atoms with Gasteiger partial charge in [0.05, 0.1) is 31.6 Å². The molecule has 1 aromatic carbocycles. The molecule has 28 heavy (non-hydrogen) atoms. The molecule has 2 heterocycles. The van der Waals surface area contributed by atoms with Gasteiger partial charge in [0.1, 0.15) is 11.4 Å². The molecule has 0 radical (unpaired) electrons. The van der Waals surface area contributed by atoms with E-state index in [2.05, 4.69) is 22.2 Å². The summed E-state index contributed by atoms with van der Waals surface area (Å²) in [5.41, 5.74) is 2.56. The van der Waals surface area contributed by atoms with Gasteiger partial charge in [0.15, 0.2) is 0 Å². The molecule has 0 spiro atoms. The smallest absolute Gasteiger partial charge is 0.437 e. The normalized spacial score (nSPS) is 13.9. The fourth-order valence-electron chi connectivity index (χ4n) is 3.11. The average molecular weight is 385 g/mol. The number of unbranched alkanes of at least 4 members (excludes halogenated alkanes) is 1. The van der Waals surface area contributed by atoms with Crippen molar-refractivity contribution < 1.29 is 24.3 Å². The number of hydrogen-bond donors (Lipinski definition) is 3. The zero-order valence-electron chi connectivity index (χ0n) is 16.0. The van der Waals surface area contributed by atoms with Crippen molar-refractivity contribution in [2.75, 3.05) is 6.61 Å². The number of carbonyl (C=O) groups is 1. The third-order valence-electron chi connectivity index (χ3n) is 4.74. The molecule has 0 saturated carbocycles. The van der Waals surface area contributed by atoms with Crippen LogP contribution >= 0.6 is 0 Å². The molecule has 1 unspecified atom stereocenters. The van der Waals surface area contributed by atoms with Gasteiger partial charge in [-0.3, -0.25) is 4.79 Å². The highest BCUT2D eigenvalue weighted by Crippen LogP contribution is 2.25. The quantitative estimate of drug-likeness (QED) is 0.583. The SMILES string of the molecule is CCCCC(CO)NC(=O)c1cnc(Oc2ccc3c(c2C)B(O)OC3)cn1. The van der Waals surface area contributed by atoms with E-state index in [9.17, 15) is 14.9 Å². The molecular formula is C19H24BN3O5. The van der Waals surface area contributed by atoms with E-state index in [1.165, 1.54) is 12.4 Å². The van der Waals surface area contributed by atoms with E-state index in [4.69, 9.17) is 9.39 Å². The number of aliphatic hydroxyl groups is 1. The predicted octanol–water partition coefficient (Wildman–Crippen LogP) is 1.08. The monoisotopic (exact) mass is 385 g/mol. The number of benzene rings is 1. The van der Waals surface area contributed by atoms with Crippen LogP contribution in [-0.2, 0) is 11.3 Å². The van der Waals surface area contributed by atoms with E-state index >= 15 is 0 Å². The summed E-state index contributed by atoms with van der Waals surface area (Å²) in [5.74, 6) is 0.385. The molecule has 0 saturated heterocycles. The summed E-state index contributed by atoms with van der Waals surface area (Å²) >= 11 is 0. The third kappa shape index (κ3) is 4.49. The van der Waals surface area contributed by atoms with Gasteiger partial charge < -0.3 is 24.8 Å². The average Bonchev–Trinajstić information content (AvgIpc) is 3.09. The van der Waals surface area contributed by atoms with Crippen molar-refractivity contribution in [2.45, 2.75) is 45.8 Å². The van der Waals surface area contributed by atoms with Crippen LogP contribution < -0.4 is 15.5 Å². The van der Waals surface area contributed by atoms with Crippen LogP contribution in [0.5, 0.6) is 11.6 Å². The highest BCUT2D eigenvalue weighted by molar-refractivity contribution is 6.62. The van der Waals surface area contributed by atoms with Gasteiger partial charge in [-0.1, -0.05) is 25.8 Å². The summed E-state index contributed by atoms with van der Waals surface area (Å²) in [7, 11) is -0.956. The molecule has 1 aliphatic heterocycles. The fraction of sp³-hybridized carbons (Fsp3) is 0.421. The molecule has 1 amide bonds. The van der Waals surface area contributed by atoms with Crippen LogP contribution in [-0.4, -0.2) is 45.8 Å². The highest BCUT2D eigenvalue weighted by atomic mass is 16.5. The number of nitrogens with one attached hydrogen (secondary N) is 1. The number of hydrogen-bond acceptors (Lipinski definition) is 7. The molecule has 148 valence electrons. The Labute approximate surface area is 164 Å². The van der Waals surface area contributed by atoms with Crippen molar-refractivity contribution >= 4 is 18.5 Å². The Morgan fingerprint density at radius 2 is 2.21 bits per heavy atom. The first-order chi connectivity index (χ1) is 13.5. The Hall–Kier alpha value is -2.49. The number of nitrogens with zero attached hydrogens (tertiary/aromatic N) is 2. The van der Waals surface area contributed by atoms with Crippen molar-refractivity contribution in [3.8, 4) is 11.6 Å². The van der Waals surface area contributed by atoms with E-state index in [1.807, 2.05) is 13.0 Å². The number of rotatable bonds is 8. The molecule has 1 atom stereocenters. The molecular weight excluding hydrogens is 361 g/mol. The zero-order chi connectivity index (χ0) is 20.1. The lowest BCUT2D eigenvalue weighted by atomic mass is 9.76. The number of carbonyl (C=O) groups excluding carboxylic acids is 1.